The Kier molecular flexibility index (Phi) is 8.36. The lowest BCUT2D eigenvalue weighted by molar-refractivity contribution is -0.141. The SMILES string of the molecule is C=CC=C(C)CN(C(=O)Cn1cnc2ccccc21)C(C(=O)NC1CCCCC1)c1ccccc1C. The Balaban J connectivity index is 1.71. The molecule has 6 nitrogen and oxygen atoms in total. The van der Waals surface area contributed by atoms with E-state index in [1.807, 2.05) is 73.0 Å². The fourth-order valence-electron chi connectivity index (χ4n) is 5.09. The molecule has 36 heavy (non-hydrogen) atoms. The van der Waals surface area contributed by atoms with Crippen LogP contribution in [0.1, 0.15) is 56.2 Å². The van der Waals surface area contributed by atoms with Crippen LogP contribution in [-0.2, 0) is 16.1 Å². The van der Waals surface area contributed by atoms with Crippen LogP contribution in [0.5, 0.6) is 0 Å². The van der Waals surface area contributed by atoms with E-state index in [1.54, 1.807) is 17.3 Å². The Hall–Kier alpha value is -3.67. The van der Waals surface area contributed by atoms with E-state index in [2.05, 4.69) is 16.9 Å². The molecule has 2 amide bonds. The Labute approximate surface area is 213 Å². The molecular weight excluding hydrogens is 448 g/mol. The molecule has 1 aliphatic rings. The highest BCUT2D eigenvalue weighted by Gasteiger charge is 2.34. The van der Waals surface area contributed by atoms with Crippen molar-refractivity contribution in [3.05, 3.63) is 90.3 Å². The smallest absolute Gasteiger partial charge is 0.247 e. The van der Waals surface area contributed by atoms with Gasteiger partial charge in [-0.3, -0.25) is 9.59 Å². The number of amides is 2. The minimum Gasteiger partial charge on any atom is -0.351 e. The molecule has 1 heterocycles. The fourth-order valence-corrected chi connectivity index (χ4v) is 5.09. The van der Waals surface area contributed by atoms with E-state index < -0.39 is 6.04 Å². The number of rotatable bonds is 9. The number of carbonyl (C=O) groups excluding carboxylic acids is 2. The van der Waals surface area contributed by atoms with Gasteiger partial charge in [0.05, 0.1) is 17.4 Å². The number of nitrogens with zero attached hydrogens (tertiary/aromatic N) is 3. The summed E-state index contributed by atoms with van der Waals surface area (Å²) in [5.41, 5.74) is 4.52. The molecule has 0 bridgehead atoms. The van der Waals surface area contributed by atoms with Crippen molar-refractivity contribution in [2.45, 2.75) is 64.6 Å². The molecule has 1 atom stereocenters. The summed E-state index contributed by atoms with van der Waals surface area (Å²) in [6.45, 7) is 8.19. The van der Waals surface area contributed by atoms with Gasteiger partial charge in [-0.05, 0) is 49.9 Å². The molecule has 1 saturated carbocycles. The summed E-state index contributed by atoms with van der Waals surface area (Å²) in [7, 11) is 0. The summed E-state index contributed by atoms with van der Waals surface area (Å²) in [5.74, 6) is -0.256. The molecule has 0 radical (unpaired) electrons. The number of hydrogen-bond acceptors (Lipinski definition) is 3. The van der Waals surface area contributed by atoms with Gasteiger partial charge in [0.1, 0.15) is 12.6 Å². The van der Waals surface area contributed by atoms with Gasteiger partial charge in [-0.2, -0.15) is 0 Å². The van der Waals surface area contributed by atoms with E-state index in [-0.39, 0.29) is 24.4 Å². The average Bonchev–Trinajstić information content (AvgIpc) is 3.28. The summed E-state index contributed by atoms with van der Waals surface area (Å²) in [4.78, 5) is 34.0. The molecular formula is C30H36N4O2. The molecule has 3 aromatic rings. The maximum atomic E-state index is 14.0. The maximum Gasteiger partial charge on any atom is 0.247 e. The van der Waals surface area contributed by atoms with Gasteiger partial charge in [0.15, 0.2) is 0 Å². The number of hydrogen-bond donors (Lipinski definition) is 1. The number of fused-ring (bicyclic) bond motifs is 1. The van der Waals surface area contributed by atoms with Crippen LogP contribution in [0.3, 0.4) is 0 Å². The number of para-hydroxylation sites is 2. The van der Waals surface area contributed by atoms with E-state index >= 15 is 0 Å². The molecule has 1 fully saturated rings. The fraction of sp³-hybridized carbons (Fsp3) is 0.367. The number of carbonyl (C=O) groups is 2. The van der Waals surface area contributed by atoms with E-state index in [9.17, 15) is 9.59 Å². The summed E-state index contributed by atoms with van der Waals surface area (Å²) < 4.78 is 1.85. The van der Waals surface area contributed by atoms with Gasteiger partial charge in [0.25, 0.3) is 0 Å². The summed E-state index contributed by atoms with van der Waals surface area (Å²) in [5, 5.41) is 3.28. The first-order chi connectivity index (χ1) is 17.5. The van der Waals surface area contributed by atoms with Crippen molar-refractivity contribution in [2.24, 2.45) is 0 Å². The van der Waals surface area contributed by atoms with Gasteiger partial charge in [-0.1, -0.05) is 80.0 Å². The van der Waals surface area contributed by atoms with Crippen LogP contribution in [0.25, 0.3) is 11.0 Å². The third-order valence-corrected chi connectivity index (χ3v) is 6.97. The van der Waals surface area contributed by atoms with Crippen molar-refractivity contribution in [3.8, 4) is 0 Å². The maximum absolute atomic E-state index is 14.0. The lowest BCUT2D eigenvalue weighted by Gasteiger charge is -2.34. The topological polar surface area (TPSA) is 67.2 Å². The number of aromatic nitrogens is 2. The summed E-state index contributed by atoms with van der Waals surface area (Å²) >= 11 is 0. The van der Waals surface area contributed by atoms with Crippen LogP contribution in [0.2, 0.25) is 0 Å². The van der Waals surface area contributed by atoms with Crippen LogP contribution in [0.15, 0.2) is 79.2 Å². The highest BCUT2D eigenvalue weighted by atomic mass is 16.2. The minimum atomic E-state index is -0.733. The van der Waals surface area contributed by atoms with Gasteiger partial charge < -0.3 is 14.8 Å². The van der Waals surface area contributed by atoms with E-state index in [1.165, 1.54) is 6.42 Å². The van der Waals surface area contributed by atoms with E-state index in [0.29, 0.717) is 6.54 Å². The van der Waals surface area contributed by atoms with Gasteiger partial charge >= 0.3 is 0 Å². The summed E-state index contributed by atoms with van der Waals surface area (Å²) in [6.07, 6.45) is 10.7. The van der Waals surface area contributed by atoms with Gasteiger partial charge in [0.2, 0.25) is 11.8 Å². The Morgan fingerprint density at radius 3 is 2.61 bits per heavy atom. The molecule has 1 aromatic heterocycles. The quantitative estimate of drug-likeness (QED) is 0.408. The summed E-state index contributed by atoms with van der Waals surface area (Å²) in [6, 6.07) is 15.0. The van der Waals surface area contributed by atoms with Gasteiger partial charge in [-0.15, -0.1) is 0 Å². The predicted molar refractivity (Wildman–Crippen MR) is 144 cm³/mol. The molecule has 6 heteroatoms. The molecule has 0 saturated heterocycles. The molecule has 1 aliphatic carbocycles. The van der Waals surface area contributed by atoms with Crippen molar-refractivity contribution in [2.75, 3.05) is 6.54 Å². The highest BCUT2D eigenvalue weighted by Crippen LogP contribution is 2.28. The number of nitrogens with one attached hydrogen (secondary N) is 1. The number of allylic oxidation sites excluding steroid dienone is 2. The normalized spacial score (nSPS) is 15.4. The van der Waals surface area contributed by atoms with E-state index in [4.69, 9.17) is 0 Å². The first-order valence-corrected chi connectivity index (χ1v) is 12.8. The van der Waals surface area contributed by atoms with Gasteiger partial charge in [0, 0.05) is 12.6 Å². The number of aryl methyl sites for hydroxylation is 1. The molecule has 4 rings (SSSR count). The predicted octanol–water partition coefficient (Wildman–Crippen LogP) is 5.50. The molecule has 188 valence electrons. The van der Waals surface area contributed by atoms with Crippen molar-refractivity contribution in [3.63, 3.8) is 0 Å². The van der Waals surface area contributed by atoms with Crippen molar-refractivity contribution >= 4 is 22.8 Å². The molecule has 1 unspecified atom stereocenters. The number of benzene rings is 2. The Morgan fingerprint density at radius 1 is 1.14 bits per heavy atom. The average molecular weight is 485 g/mol. The minimum absolute atomic E-state index is 0.0982. The largest absolute Gasteiger partial charge is 0.351 e. The zero-order valence-corrected chi connectivity index (χ0v) is 21.3. The van der Waals surface area contributed by atoms with Crippen LogP contribution >= 0.6 is 0 Å². The zero-order valence-electron chi connectivity index (χ0n) is 21.3. The van der Waals surface area contributed by atoms with Crippen molar-refractivity contribution in [1.82, 2.24) is 19.8 Å². The second-order valence-electron chi connectivity index (χ2n) is 9.73. The molecule has 0 aliphatic heterocycles. The van der Waals surface area contributed by atoms with Crippen LogP contribution in [0.4, 0.5) is 0 Å². The Morgan fingerprint density at radius 2 is 1.86 bits per heavy atom. The first-order valence-electron chi connectivity index (χ1n) is 12.8. The van der Waals surface area contributed by atoms with E-state index in [0.717, 1.165) is 53.4 Å². The third-order valence-electron chi connectivity index (χ3n) is 6.97. The van der Waals surface area contributed by atoms with Crippen LogP contribution < -0.4 is 5.32 Å². The third kappa shape index (κ3) is 5.93. The Bertz CT molecular complexity index is 1250. The van der Waals surface area contributed by atoms with Gasteiger partial charge in [-0.25, -0.2) is 4.98 Å². The molecule has 1 N–H and O–H groups in total. The van der Waals surface area contributed by atoms with Crippen LogP contribution in [0, 0.1) is 6.92 Å². The lowest BCUT2D eigenvalue weighted by Crippen LogP contribution is -2.48. The second kappa shape index (κ2) is 11.8. The lowest BCUT2D eigenvalue weighted by atomic mass is 9.93. The first kappa shape index (κ1) is 25.4. The van der Waals surface area contributed by atoms with Crippen molar-refractivity contribution < 1.29 is 9.59 Å². The molecule has 2 aromatic carbocycles. The van der Waals surface area contributed by atoms with Crippen molar-refractivity contribution in [1.29, 1.82) is 0 Å². The van der Waals surface area contributed by atoms with Crippen LogP contribution in [-0.4, -0.2) is 38.9 Å². The standard InChI is InChI=1S/C30H36N4O2/c1-4-12-22(2)19-34(28(35)20-33-21-31-26-17-10-11-18-27(26)33)29(25-16-9-8-13-23(25)3)30(36)32-24-14-6-5-7-15-24/h4,8-13,16-18,21,24,29H,1,5-7,14-15,19-20H2,2-3H3,(H,32,36). The second-order valence-corrected chi connectivity index (χ2v) is 9.73. The number of imidazole rings is 1. The highest BCUT2D eigenvalue weighted by molar-refractivity contribution is 5.90. The monoisotopic (exact) mass is 484 g/mol. The molecule has 0 spiro atoms. The zero-order chi connectivity index (χ0) is 25.5.